The van der Waals surface area contributed by atoms with Crippen molar-refractivity contribution in [2.45, 2.75) is 5.54 Å². The molecule has 26 heavy (non-hydrogen) atoms. The van der Waals surface area contributed by atoms with Crippen molar-refractivity contribution in [2.75, 3.05) is 7.11 Å². The van der Waals surface area contributed by atoms with Crippen LogP contribution in [0, 0.1) is 5.82 Å². The summed E-state index contributed by atoms with van der Waals surface area (Å²) >= 11 is 6.42. The molecule has 1 aromatic heterocycles. The van der Waals surface area contributed by atoms with E-state index in [1.807, 2.05) is 6.07 Å². The van der Waals surface area contributed by atoms with Gasteiger partial charge in [-0.25, -0.2) is 14.2 Å². The zero-order valence-corrected chi connectivity index (χ0v) is 14.4. The maximum atomic E-state index is 13.6. The average Bonchev–Trinajstić information content (AvgIpc) is 2.99. The van der Waals surface area contributed by atoms with Crippen LogP contribution in [0.15, 0.2) is 64.4 Å². The van der Waals surface area contributed by atoms with Crippen molar-refractivity contribution < 1.29 is 13.9 Å². The molecule has 4 rings (SSSR count). The fraction of sp³-hybridized carbons (Fsp3) is 0.105. The minimum Gasteiger partial charge on any atom is -0.465 e. The Labute approximate surface area is 153 Å². The maximum Gasteiger partial charge on any atom is 0.340 e. The van der Waals surface area contributed by atoms with E-state index in [2.05, 4.69) is 10.3 Å². The highest BCUT2D eigenvalue weighted by Crippen LogP contribution is 2.46. The van der Waals surface area contributed by atoms with Gasteiger partial charge in [0.15, 0.2) is 5.84 Å². The van der Waals surface area contributed by atoms with Gasteiger partial charge in [0.1, 0.15) is 27.8 Å². The summed E-state index contributed by atoms with van der Waals surface area (Å²) in [5.41, 5.74) is 0.779. The van der Waals surface area contributed by atoms with Crippen molar-refractivity contribution in [3.63, 3.8) is 0 Å². The fourth-order valence-corrected chi connectivity index (χ4v) is 3.51. The van der Waals surface area contributed by atoms with Crippen LogP contribution in [0.5, 0.6) is 0 Å². The number of pyridine rings is 1. The SMILES string of the molecule is COC(=O)C1=C(Cl)NC(c2ccccn2)=NC12C=Cc1cc(F)ccc12. The first-order valence-corrected chi connectivity index (χ1v) is 8.19. The third-order valence-corrected chi connectivity index (χ3v) is 4.63. The molecule has 130 valence electrons. The van der Waals surface area contributed by atoms with Gasteiger partial charge in [0.05, 0.1) is 7.11 Å². The van der Waals surface area contributed by atoms with Gasteiger partial charge in [0.2, 0.25) is 0 Å². The first-order chi connectivity index (χ1) is 12.5. The molecule has 0 radical (unpaired) electrons. The molecule has 1 atom stereocenters. The van der Waals surface area contributed by atoms with Gasteiger partial charge in [0, 0.05) is 6.20 Å². The fourth-order valence-electron chi connectivity index (χ4n) is 3.20. The van der Waals surface area contributed by atoms with Crippen molar-refractivity contribution in [3.8, 4) is 0 Å². The summed E-state index contributed by atoms with van der Waals surface area (Å²) < 4.78 is 18.5. The molecule has 1 unspecified atom stereocenters. The Morgan fingerprint density at radius 3 is 2.88 bits per heavy atom. The van der Waals surface area contributed by atoms with Crippen LogP contribution in [0.1, 0.15) is 16.8 Å². The van der Waals surface area contributed by atoms with Crippen LogP contribution in [0.2, 0.25) is 0 Å². The Kier molecular flexibility index (Phi) is 3.85. The molecule has 0 fully saturated rings. The number of halogens is 2. The second-order valence-electron chi connectivity index (χ2n) is 5.81. The van der Waals surface area contributed by atoms with Crippen molar-refractivity contribution in [1.29, 1.82) is 0 Å². The predicted octanol–water partition coefficient (Wildman–Crippen LogP) is 3.12. The lowest BCUT2D eigenvalue weighted by Crippen LogP contribution is -2.40. The van der Waals surface area contributed by atoms with Gasteiger partial charge in [-0.1, -0.05) is 29.8 Å². The van der Waals surface area contributed by atoms with E-state index in [-0.39, 0.29) is 16.5 Å². The number of carbonyl (C=O) groups is 1. The summed E-state index contributed by atoms with van der Waals surface area (Å²) in [6.45, 7) is 0. The monoisotopic (exact) mass is 369 g/mol. The molecule has 0 amide bonds. The molecular weight excluding hydrogens is 357 g/mol. The van der Waals surface area contributed by atoms with Crippen LogP contribution in [-0.4, -0.2) is 23.9 Å². The summed E-state index contributed by atoms with van der Waals surface area (Å²) in [5.74, 6) is -0.582. The summed E-state index contributed by atoms with van der Waals surface area (Å²) in [5, 5.41) is 3.01. The third-order valence-electron chi connectivity index (χ3n) is 4.34. The van der Waals surface area contributed by atoms with E-state index in [1.165, 1.54) is 19.2 Å². The smallest absolute Gasteiger partial charge is 0.340 e. The second kappa shape index (κ2) is 6.07. The summed E-state index contributed by atoms with van der Waals surface area (Å²) in [7, 11) is 1.27. The molecule has 1 N–H and O–H groups in total. The van der Waals surface area contributed by atoms with Crippen LogP contribution >= 0.6 is 11.6 Å². The number of nitrogens with one attached hydrogen (secondary N) is 1. The van der Waals surface area contributed by atoms with Gasteiger partial charge in [0.25, 0.3) is 0 Å². The van der Waals surface area contributed by atoms with E-state index >= 15 is 0 Å². The Morgan fingerprint density at radius 2 is 2.15 bits per heavy atom. The minimum absolute atomic E-state index is 0.0920. The quantitative estimate of drug-likeness (QED) is 0.652. The number of rotatable bonds is 2. The van der Waals surface area contributed by atoms with Crippen molar-refractivity contribution >= 4 is 29.5 Å². The van der Waals surface area contributed by atoms with Gasteiger partial charge >= 0.3 is 5.97 Å². The Hall–Kier alpha value is -2.99. The van der Waals surface area contributed by atoms with E-state index in [0.717, 1.165) is 0 Å². The molecule has 2 aromatic rings. The van der Waals surface area contributed by atoms with Crippen molar-refractivity contribution in [2.24, 2.45) is 4.99 Å². The largest absolute Gasteiger partial charge is 0.465 e. The lowest BCUT2D eigenvalue weighted by atomic mass is 9.84. The number of amidine groups is 1. The van der Waals surface area contributed by atoms with E-state index < -0.39 is 11.5 Å². The van der Waals surface area contributed by atoms with Crippen LogP contribution < -0.4 is 5.32 Å². The number of methoxy groups -OCH3 is 1. The average molecular weight is 370 g/mol. The number of hydrogen-bond donors (Lipinski definition) is 1. The number of carbonyl (C=O) groups excluding carboxylic acids is 1. The Morgan fingerprint density at radius 1 is 1.31 bits per heavy atom. The van der Waals surface area contributed by atoms with Crippen LogP contribution in [0.4, 0.5) is 4.39 Å². The number of aliphatic imine (C=N–C) groups is 1. The number of hydrogen-bond acceptors (Lipinski definition) is 5. The minimum atomic E-state index is -1.20. The first kappa shape index (κ1) is 16.5. The second-order valence-corrected chi connectivity index (χ2v) is 6.19. The molecule has 1 aliphatic carbocycles. The number of nitrogens with zero attached hydrogens (tertiary/aromatic N) is 2. The highest BCUT2D eigenvalue weighted by molar-refractivity contribution is 6.33. The zero-order valence-electron chi connectivity index (χ0n) is 13.7. The summed E-state index contributed by atoms with van der Waals surface area (Å²) in [6, 6.07) is 9.70. The molecule has 2 heterocycles. The number of fused-ring (bicyclic) bond motifs is 2. The van der Waals surface area contributed by atoms with Crippen LogP contribution in [-0.2, 0) is 15.1 Å². The van der Waals surface area contributed by atoms with E-state index in [0.29, 0.717) is 22.7 Å². The molecule has 0 bridgehead atoms. The van der Waals surface area contributed by atoms with E-state index in [9.17, 15) is 9.18 Å². The van der Waals surface area contributed by atoms with Crippen molar-refractivity contribution in [3.05, 3.63) is 82.0 Å². The highest BCUT2D eigenvalue weighted by Gasteiger charge is 2.47. The number of ether oxygens (including phenoxy) is 1. The normalized spacial score (nSPS) is 20.7. The Balaban J connectivity index is 1.96. The predicted molar refractivity (Wildman–Crippen MR) is 95.9 cm³/mol. The first-order valence-electron chi connectivity index (χ1n) is 7.81. The van der Waals surface area contributed by atoms with Crippen LogP contribution in [0.25, 0.3) is 6.08 Å². The molecule has 7 heteroatoms. The maximum absolute atomic E-state index is 13.6. The molecule has 5 nitrogen and oxygen atoms in total. The van der Waals surface area contributed by atoms with Gasteiger partial charge in [-0.3, -0.25) is 4.98 Å². The molecule has 0 saturated heterocycles. The number of benzene rings is 1. The van der Waals surface area contributed by atoms with Gasteiger partial charge in [-0.15, -0.1) is 0 Å². The van der Waals surface area contributed by atoms with Gasteiger partial charge < -0.3 is 10.1 Å². The highest BCUT2D eigenvalue weighted by atomic mass is 35.5. The summed E-state index contributed by atoms with van der Waals surface area (Å²) in [6.07, 6.45) is 5.07. The lowest BCUT2D eigenvalue weighted by Gasteiger charge is -2.32. The van der Waals surface area contributed by atoms with Crippen molar-refractivity contribution in [1.82, 2.24) is 10.3 Å². The number of aromatic nitrogens is 1. The molecular formula is C19H13ClFN3O2. The standard InChI is InChI=1S/C19H13ClFN3O2/c1-26-18(25)15-16(20)23-17(14-4-2-3-9-22-14)24-19(15)8-7-11-10-12(21)5-6-13(11)19/h2-10H,1H3,(H,23,24). The molecule has 1 aromatic carbocycles. The van der Waals surface area contributed by atoms with E-state index in [1.54, 1.807) is 36.5 Å². The number of esters is 1. The third kappa shape index (κ3) is 2.42. The summed E-state index contributed by atoms with van der Waals surface area (Å²) in [4.78, 5) is 21.5. The lowest BCUT2D eigenvalue weighted by molar-refractivity contribution is -0.136. The molecule has 1 aliphatic heterocycles. The van der Waals surface area contributed by atoms with Gasteiger partial charge in [-0.2, -0.15) is 0 Å². The van der Waals surface area contributed by atoms with Gasteiger partial charge in [-0.05, 0) is 41.5 Å². The Bertz CT molecular complexity index is 1000. The molecule has 2 aliphatic rings. The zero-order chi connectivity index (χ0) is 18.3. The molecule has 1 spiro atoms. The molecule has 0 saturated carbocycles. The topological polar surface area (TPSA) is 63.6 Å². The van der Waals surface area contributed by atoms with Crippen LogP contribution in [0.3, 0.4) is 0 Å². The van der Waals surface area contributed by atoms with E-state index in [4.69, 9.17) is 21.3 Å².